The lowest BCUT2D eigenvalue weighted by Crippen LogP contribution is -2.28. The number of rotatable bonds is 9. The highest BCUT2D eigenvalue weighted by molar-refractivity contribution is 5.77. The zero-order chi connectivity index (χ0) is 20.7. The number of ether oxygens (including phenoxy) is 3. The number of halogens is 3. The van der Waals surface area contributed by atoms with Gasteiger partial charge in [-0.3, -0.25) is 14.9 Å². The van der Waals surface area contributed by atoms with E-state index in [1.54, 1.807) is 0 Å². The smallest absolute Gasteiger partial charge is 0.387 e. The fourth-order valence-corrected chi connectivity index (χ4v) is 2.13. The van der Waals surface area contributed by atoms with Crippen LogP contribution < -0.4 is 19.5 Å². The van der Waals surface area contributed by atoms with Crippen molar-refractivity contribution in [2.75, 3.05) is 13.7 Å². The third-order valence-corrected chi connectivity index (χ3v) is 3.42. The van der Waals surface area contributed by atoms with Crippen LogP contribution in [0.3, 0.4) is 0 Å². The zero-order valence-electron chi connectivity index (χ0n) is 14.5. The molecule has 0 saturated heterocycles. The van der Waals surface area contributed by atoms with Gasteiger partial charge in [-0.1, -0.05) is 6.07 Å². The molecule has 11 heteroatoms. The van der Waals surface area contributed by atoms with Crippen molar-refractivity contribution in [3.05, 3.63) is 57.9 Å². The average molecular weight is 400 g/mol. The van der Waals surface area contributed by atoms with Crippen LogP contribution in [0.2, 0.25) is 0 Å². The van der Waals surface area contributed by atoms with E-state index in [0.29, 0.717) is 11.6 Å². The molecule has 2 rings (SSSR count). The minimum absolute atomic E-state index is 0.0241. The molecule has 0 heterocycles. The van der Waals surface area contributed by atoms with Gasteiger partial charge in [0, 0.05) is 12.6 Å². The van der Waals surface area contributed by atoms with Crippen LogP contribution in [-0.2, 0) is 11.3 Å². The third-order valence-electron chi connectivity index (χ3n) is 3.42. The fourth-order valence-electron chi connectivity index (χ4n) is 2.13. The van der Waals surface area contributed by atoms with Crippen molar-refractivity contribution < 1.29 is 37.1 Å². The van der Waals surface area contributed by atoms with Crippen molar-refractivity contribution in [3.63, 3.8) is 0 Å². The van der Waals surface area contributed by atoms with E-state index >= 15 is 0 Å². The molecule has 0 atom stereocenters. The minimum Gasteiger partial charge on any atom is -0.493 e. The van der Waals surface area contributed by atoms with Gasteiger partial charge in [-0.25, -0.2) is 4.39 Å². The SMILES string of the molecule is COc1cc(CNC(=O)COc2ccc([N+](=O)[O-])cc2F)ccc1OC(F)F. The Kier molecular flexibility index (Phi) is 7.02. The summed E-state index contributed by atoms with van der Waals surface area (Å²) in [7, 11) is 1.28. The van der Waals surface area contributed by atoms with E-state index in [-0.39, 0.29) is 23.8 Å². The van der Waals surface area contributed by atoms with Gasteiger partial charge in [0.2, 0.25) is 0 Å². The molecule has 1 amide bonds. The minimum atomic E-state index is -3.00. The summed E-state index contributed by atoms with van der Waals surface area (Å²) in [5, 5.41) is 13.0. The second-order valence-corrected chi connectivity index (χ2v) is 5.30. The molecule has 150 valence electrons. The number of benzene rings is 2. The standard InChI is InChI=1S/C17H15F3N2O6/c1-26-15-6-10(2-4-14(15)28-17(19)20)8-21-16(23)9-27-13-5-3-11(22(24)25)7-12(13)18/h2-7,17H,8-9H2,1H3,(H,21,23). The molecule has 0 unspecified atom stereocenters. The molecule has 8 nitrogen and oxygen atoms in total. The van der Waals surface area contributed by atoms with Gasteiger partial charge in [-0.15, -0.1) is 0 Å². The maximum absolute atomic E-state index is 13.7. The Bertz CT molecular complexity index is 863. The molecule has 28 heavy (non-hydrogen) atoms. The number of carbonyl (C=O) groups is 1. The van der Waals surface area contributed by atoms with Gasteiger partial charge in [-0.2, -0.15) is 8.78 Å². The molecule has 0 fully saturated rings. The maximum Gasteiger partial charge on any atom is 0.387 e. The Morgan fingerprint density at radius 3 is 2.50 bits per heavy atom. The van der Waals surface area contributed by atoms with Crippen molar-refractivity contribution in [1.82, 2.24) is 5.32 Å². The number of non-ortho nitro benzene ring substituents is 1. The number of nitrogens with zero attached hydrogens (tertiary/aromatic N) is 1. The summed E-state index contributed by atoms with van der Waals surface area (Å²) < 4.78 is 52.5. The Balaban J connectivity index is 1.89. The molecule has 2 aromatic carbocycles. The van der Waals surface area contributed by atoms with E-state index < -0.39 is 35.6 Å². The molecule has 0 aliphatic rings. The van der Waals surface area contributed by atoms with E-state index in [4.69, 9.17) is 9.47 Å². The summed E-state index contributed by atoms with van der Waals surface area (Å²) in [6, 6.07) is 6.92. The van der Waals surface area contributed by atoms with E-state index in [1.807, 2.05) is 0 Å². The quantitative estimate of drug-likeness (QED) is 0.513. The molecule has 0 aliphatic carbocycles. The number of hydrogen-bond donors (Lipinski definition) is 1. The molecule has 0 aliphatic heterocycles. The second kappa shape index (κ2) is 9.44. The van der Waals surface area contributed by atoms with Crippen LogP contribution in [0, 0.1) is 15.9 Å². The Hall–Kier alpha value is -3.50. The lowest BCUT2D eigenvalue weighted by Gasteiger charge is -2.12. The van der Waals surface area contributed by atoms with Crippen LogP contribution in [0.5, 0.6) is 17.2 Å². The van der Waals surface area contributed by atoms with Crippen molar-refractivity contribution in [1.29, 1.82) is 0 Å². The first kappa shape index (κ1) is 20.8. The van der Waals surface area contributed by atoms with Gasteiger partial charge in [-0.05, 0) is 23.8 Å². The van der Waals surface area contributed by atoms with Crippen LogP contribution in [0.15, 0.2) is 36.4 Å². The van der Waals surface area contributed by atoms with Crippen molar-refractivity contribution in [2.24, 2.45) is 0 Å². The number of carbonyl (C=O) groups excluding carboxylic acids is 1. The molecule has 1 N–H and O–H groups in total. The number of nitrogens with one attached hydrogen (secondary N) is 1. The highest BCUT2D eigenvalue weighted by atomic mass is 19.3. The summed E-state index contributed by atoms with van der Waals surface area (Å²) in [6.45, 7) is -3.51. The van der Waals surface area contributed by atoms with Gasteiger partial charge in [0.1, 0.15) is 0 Å². The summed E-state index contributed by atoms with van der Waals surface area (Å²) in [4.78, 5) is 21.6. The number of nitro benzene ring substituents is 1. The predicted molar refractivity (Wildman–Crippen MR) is 90.0 cm³/mol. The van der Waals surface area contributed by atoms with Crippen LogP contribution >= 0.6 is 0 Å². The van der Waals surface area contributed by atoms with Crippen LogP contribution in [0.1, 0.15) is 5.56 Å². The molecule has 0 aromatic heterocycles. The normalized spacial score (nSPS) is 10.5. The molecular formula is C17H15F3N2O6. The van der Waals surface area contributed by atoms with Gasteiger partial charge in [0.05, 0.1) is 18.1 Å². The molecular weight excluding hydrogens is 385 g/mol. The first-order chi connectivity index (χ1) is 13.3. The zero-order valence-corrected chi connectivity index (χ0v) is 14.5. The monoisotopic (exact) mass is 400 g/mol. The van der Waals surface area contributed by atoms with Crippen LogP contribution in [-0.4, -0.2) is 31.2 Å². The summed E-state index contributed by atoms with van der Waals surface area (Å²) in [5.41, 5.74) is 0.0934. The largest absolute Gasteiger partial charge is 0.493 e. The first-order valence-corrected chi connectivity index (χ1v) is 7.75. The summed E-state index contributed by atoms with van der Waals surface area (Å²) >= 11 is 0. The molecule has 2 aromatic rings. The molecule has 0 radical (unpaired) electrons. The summed E-state index contributed by atoms with van der Waals surface area (Å²) in [6.07, 6.45) is 0. The van der Waals surface area contributed by atoms with Gasteiger partial charge in [0.25, 0.3) is 11.6 Å². The lowest BCUT2D eigenvalue weighted by molar-refractivity contribution is -0.385. The Morgan fingerprint density at radius 1 is 1.18 bits per heavy atom. The molecule has 0 bridgehead atoms. The highest BCUT2D eigenvalue weighted by Gasteiger charge is 2.14. The number of nitro groups is 1. The van der Waals surface area contributed by atoms with Crippen LogP contribution in [0.4, 0.5) is 18.9 Å². The molecule has 0 spiro atoms. The maximum atomic E-state index is 13.7. The molecule has 0 saturated carbocycles. The van der Waals surface area contributed by atoms with E-state index in [1.165, 1.54) is 25.3 Å². The van der Waals surface area contributed by atoms with Gasteiger partial charge in [0.15, 0.2) is 29.7 Å². The number of hydrogen-bond acceptors (Lipinski definition) is 6. The van der Waals surface area contributed by atoms with Crippen LogP contribution in [0.25, 0.3) is 0 Å². The topological polar surface area (TPSA) is 99.9 Å². The van der Waals surface area contributed by atoms with Crippen molar-refractivity contribution in [2.45, 2.75) is 13.2 Å². The number of alkyl halides is 2. The average Bonchev–Trinajstić information content (AvgIpc) is 2.65. The lowest BCUT2D eigenvalue weighted by atomic mass is 10.2. The highest BCUT2D eigenvalue weighted by Crippen LogP contribution is 2.29. The Morgan fingerprint density at radius 2 is 1.89 bits per heavy atom. The summed E-state index contributed by atoms with van der Waals surface area (Å²) in [5.74, 6) is -1.96. The Labute approximate surface area is 157 Å². The van der Waals surface area contributed by atoms with E-state index in [0.717, 1.165) is 12.1 Å². The number of methoxy groups -OCH3 is 1. The van der Waals surface area contributed by atoms with E-state index in [9.17, 15) is 28.1 Å². The fraction of sp³-hybridized carbons (Fsp3) is 0.235. The first-order valence-electron chi connectivity index (χ1n) is 7.75. The third kappa shape index (κ3) is 5.76. The van der Waals surface area contributed by atoms with E-state index in [2.05, 4.69) is 10.1 Å². The predicted octanol–water partition coefficient (Wildman–Crippen LogP) is 3.04. The number of amides is 1. The van der Waals surface area contributed by atoms with Gasteiger partial charge < -0.3 is 19.5 Å². The van der Waals surface area contributed by atoms with Crippen molar-refractivity contribution in [3.8, 4) is 17.2 Å². The second-order valence-electron chi connectivity index (χ2n) is 5.30. The van der Waals surface area contributed by atoms with Crippen molar-refractivity contribution >= 4 is 11.6 Å². The van der Waals surface area contributed by atoms with Gasteiger partial charge >= 0.3 is 6.61 Å².